The quantitative estimate of drug-likeness (QED) is 0.472. The van der Waals surface area contributed by atoms with Gasteiger partial charge >= 0.3 is 0 Å². The van der Waals surface area contributed by atoms with Crippen LogP contribution in [0.1, 0.15) is 25.3 Å². The van der Waals surface area contributed by atoms with E-state index >= 15 is 0 Å². The molecule has 1 aromatic rings. The monoisotopic (exact) mass is 274 g/mol. The average molecular weight is 274 g/mol. The summed E-state index contributed by atoms with van der Waals surface area (Å²) in [5.41, 5.74) is 0.619. The zero-order chi connectivity index (χ0) is 15.0. The Bertz CT molecular complexity index is 541. The SMILES string of the molecule is CC/C=C\CC(=O)C(=O)/C=C/c1ccc(OC)c(O)c1. The van der Waals surface area contributed by atoms with Crippen molar-refractivity contribution in [2.24, 2.45) is 0 Å². The van der Waals surface area contributed by atoms with Gasteiger partial charge in [0, 0.05) is 6.42 Å². The lowest BCUT2D eigenvalue weighted by Crippen LogP contribution is -2.09. The second-order valence-electron chi connectivity index (χ2n) is 4.14. The van der Waals surface area contributed by atoms with E-state index < -0.39 is 11.6 Å². The van der Waals surface area contributed by atoms with E-state index in [1.54, 1.807) is 18.2 Å². The number of benzene rings is 1. The molecule has 1 aromatic carbocycles. The van der Waals surface area contributed by atoms with Crippen LogP contribution in [0.2, 0.25) is 0 Å². The third-order valence-corrected chi connectivity index (χ3v) is 2.61. The van der Waals surface area contributed by atoms with Crippen molar-refractivity contribution in [3.63, 3.8) is 0 Å². The molecule has 0 atom stereocenters. The average Bonchev–Trinajstić information content (AvgIpc) is 2.45. The first-order valence-corrected chi connectivity index (χ1v) is 6.35. The number of phenolic OH excluding ortho intramolecular Hbond substituents is 1. The lowest BCUT2D eigenvalue weighted by Gasteiger charge is -2.03. The van der Waals surface area contributed by atoms with Gasteiger partial charge in [-0.25, -0.2) is 0 Å². The molecule has 20 heavy (non-hydrogen) atoms. The summed E-state index contributed by atoms with van der Waals surface area (Å²) in [6, 6.07) is 4.74. The first kappa shape index (κ1) is 15.7. The number of Topliss-reactive ketones (excluding diaryl/α,β-unsaturated/α-hetero) is 1. The third-order valence-electron chi connectivity index (χ3n) is 2.61. The number of allylic oxidation sites excluding steroid dienone is 3. The highest BCUT2D eigenvalue weighted by atomic mass is 16.5. The van der Waals surface area contributed by atoms with Crippen LogP contribution in [0, 0.1) is 0 Å². The van der Waals surface area contributed by atoms with E-state index in [4.69, 9.17) is 4.74 Å². The molecule has 0 spiro atoms. The number of carbonyl (C=O) groups excluding carboxylic acids is 2. The van der Waals surface area contributed by atoms with Crippen LogP contribution < -0.4 is 4.74 Å². The Morgan fingerprint density at radius 1 is 1.30 bits per heavy atom. The van der Waals surface area contributed by atoms with E-state index in [1.165, 1.54) is 25.3 Å². The largest absolute Gasteiger partial charge is 0.504 e. The van der Waals surface area contributed by atoms with Gasteiger partial charge in [-0.15, -0.1) is 0 Å². The van der Waals surface area contributed by atoms with E-state index in [9.17, 15) is 14.7 Å². The molecule has 0 amide bonds. The fraction of sp³-hybridized carbons (Fsp3) is 0.250. The zero-order valence-electron chi connectivity index (χ0n) is 11.6. The fourth-order valence-corrected chi connectivity index (χ4v) is 1.53. The summed E-state index contributed by atoms with van der Waals surface area (Å²) in [7, 11) is 1.45. The van der Waals surface area contributed by atoms with Crippen molar-refractivity contribution in [1.82, 2.24) is 0 Å². The molecule has 1 rings (SSSR count). The number of aromatic hydroxyl groups is 1. The van der Waals surface area contributed by atoms with Crippen molar-refractivity contribution >= 4 is 17.6 Å². The van der Waals surface area contributed by atoms with Gasteiger partial charge < -0.3 is 9.84 Å². The van der Waals surface area contributed by atoms with Gasteiger partial charge in [0.25, 0.3) is 0 Å². The van der Waals surface area contributed by atoms with Crippen LogP contribution in [0.5, 0.6) is 11.5 Å². The topological polar surface area (TPSA) is 63.6 Å². The summed E-state index contributed by atoms with van der Waals surface area (Å²) in [5.74, 6) is -0.668. The number of phenols is 1. The highest BCUT2D eigenvalue weighted by Gasteiger charge is 2.08. The summed E-state index contributed by atoms with van der Waals surface area (Å²) in [6.07, 6.45) is 7.18. The highest BCUT2D eigenvalue weighted by molar-refractivity contribution is 6.42. The first-order valence-electron chi connectivity index (χ1n) is 6.35. The molecule has 0 aliphatic heterocycles. The molecule has 106 valence electrons. The van der Waals surface area contributed by atoms with Crippen LogP contribution in [-0.2, 0) is 9.59 Å². The van der Waals surface area contributed by atoms with Crippen LogP contribution >= 0.6 is 0 Å². The molecule has 0 aromatic heterocycles. The van der Waals surface area contributed by atoms with Crippen molar-refractivity contribution in [3.8, 4) is 11.5 Å². The van der Waals surface area contributed by atoms with Crippen LogP contribution in [0.25, 0.3) is 6.08 Å². The molecule has 4 heteroatoms. The Kier molecular flexibility index (Phi) is 6.23. The highest BCUT2D eigenvalue weighted by Crippen LogP contribution is 2.26. The summed E-state index contributed by atoms with van der Waals surface area (Å²) < 4.78 is 4.92. The smallest absolute Gasteiger partial charge is 0.221 e. The van der Waals surface area contributed by atoms with E-state index in [2.05, 4.69) is 0 Å². The Morgan fingerprint density at radius 3 is 2.65 bits per heavy atom. The molecular weight excluding hydrogens is 256 g/mol. The normalized spacial score (nSPS) is 11.1. The Labute approximate surface area is 118 Å². The maximum Gasteiger partial charge on any atom is 0.221 e. The van der Waals surface area contributed by atoms with E-state index in [-0.39, 0.29) is 12.2 Å². The number of ether oxygens (including phenoxy) is 1. The lowest BCUT2D eigenvalue weighted by molar-refractivity contribution is -0.133. The summed E-state index contributed by atoms with van der Waals surface area (Å²) in [5, 5.41) is 9.59. The van der Waals surface area contributed by atoms with Gasteiger partial charge in [-0.2, -0.15) is 0 Å². The summed E-state index contributed by atoms with van der Waals surface area (Å²) in [4.78, 5) is 23.0. The molecule has 4 nitrogen and oxygen atoms in total. The zero-order valence-corrected chi connectivity index (χ0v) is 11.6. The van der Waals surface area contributed by atoms with Crippen LogP contribution in [0.3, 0.4) is 0 Å². The molecule has 0 heterocycles. The van der Waals surface area contributed by atoms with Crippen LogP contribution in [0.4, 0.5) is 0 Å². The summed E-state index contributed by atoms with van der Waals surface area (Å²) >= 11 is 0. The van der Waals surface area contributed by atoms with Gasteiger partial charge in [-0.3, -0.25) is 9.59 Å². The second kappa shape index (κ2) is 7.94. The predicted molar refractivity (Wildman–Crippen MR) is 77.8 cm³/mol. The maximum absolute atomic E-state index is 11.6. The minimum absolute atomic E-state index is 0.0145. The lowest BCUT2D eigenvalue weighted by atomic mass is 10.1. The van der Waals surface area contributed by atoms with E-state index in [1.807, 2.05) is 13.0 Å². The molecule has 0 radical (unpaired) electrons. The molecule has 0 aliphatic rings. The third kappa shape index (κ3) is 4.72. The number of ketones is 2. The van der Waals surface area contributed by atoms with Crippen molar-refractivity contribution in [2.75, 3.05) is 7.11 Å². The fourth-order valence-electron chi connectivity index (χ4n) is 1.53. The molecule has 0 saturated carbocycles. The molecule has 0 bridgehead atoms. The number of carbonyl (C=O) groups is 2. The minimum Gasteiger partial charge on any atom is -0.504 e. The molecule has 0 aliphatic carbocycles. The van der Waals surface area contributed by atoms with Gasteiger partial charge in [0.2, 0.25) is 11.6 Å². The van der Waals surface area contributed by atoms with E-state index in [0.717, 1.165) is 6.42 Å². The number of hydrogen-bond acceptors (Lipinski definition) is 4. The van der Waals surface area contributed by atoms with Gasteiger partial charge in [0.1, 0.15) is 0 Å². The standard InChI is InChI=1S/C16H18O4/c1-3-4-5-6-13(17)14(18)9-7-12-8-10-16(20-2)15(19)11-12/h4-5,7-11,19H,3,6H2,1-2H3/b5-4-,9-7+. The van der Waals surface area contributed by atoms with E-state index in [0.29, 0.717) is 11.3 Å². The van der Waals surface area contributed by atoms with Crippen molar-refractivity contribution in [1.29, 1.82) is 0 Å². The van der Waals surface area contributed by atoms with Crippen molar-refractivity contribution < 1.29 is 19.4 Å². The van der Waals surface area contributed by atoms with Crippen molar-refractivity contribution in [3.05, 3.63) is 42.0 Å². The molecular formula is C16H18O4. The minimum atomic E-state index is -0.555. The van der Waals surface area contributed by atoms with Crippen LogP contribution in [-0.4, -0.2) is 23.8 Å². The number of methoxy groups -OCH3 is 1. The number of rotatable bonds is 7. The Balaban J connectivity index is 2.67. The Morgan fingerprint density at radius 2 is 2.05 bits per heavy atom. The van der Waals surface area contributed by atoms with Gasteiger partial charge in [-0.05, 0) is 30.2 Å². The van der Waals surface area contributed by atoms with Gasteiger partial charge in [0.05, 0.1) is 7.11 Å². The second-order valence-corrected chi connectivity index (χ2v) is 4.14. The van der Waals surface area contributed by atoms with Crippen LogP contribution in [0.15, 0.2) is 36.4 Å². The molecule has 0 unspecified atom stereocenters. The maximum atomic E-state index is 11.6. The first-order chi connectivity index (χ1) is 9.58. The summed E-state index contributed by atoms with van der Waals surface area (Å²) in [6.45, 7) is 1.96. The molecule has 0 saturated heterocycles. The van der Waals surface area contributed by atoms with Gasteiger partial charge in [-0.1, -0.05) is 31.2 Å². The molecule has 1 N–H and O–H groups in total. The molecule has 0 fully saturated rings. The van der Waals surface area contributed by atoms with Gasteiger partial charge in [0.15, 0.2) is 11.5 Å². The Hall–Kier alpha value is -2.36. The predicted octanol–water partition coefficient (Wildman–Crippen LogP) is 2.91. The van der Waals surface area contributed by atoms with Crippen molar-refractivity contribution in [2.45, 2.75) is 19.8 Å². The number of hydrogen-bond donors (Lipinski definition) is 1.